The number of pyridine rings is 1. The van der Waals surface area contributed by atoms with E-state index in [9.17, 15) is 0 Å². The van der Waals surface area contributed by atoms with Crippen molar-refractivity contribution in [2.24, 2.45) is 5.73 Å². The number of aromatic amines is 1. The molecule has 0 aliphatic heterocycles. The Bertz CT molecular complexity index is 1370. The van der Waals surface area contributed by atoms with Crippen LogP contribution in [0.2, 0.25) is 0 Å². The molecule has 0 radical (unpaired) electrons. The molecule has 32 heavy (non-hydrogen) atoms. The Kier molecular flexibility index (Phi) is 5.49. The number of rotatable bonds is 7. The van der Waals surface area contributed by atoms with Crippen LogP contribution in [0.3, 0.4) is 0 Å². The third kappa shape index (κ3) is 3.91. The molecule has 0 saturated heterocycles. The van der Waals surface area contributed by atoms with E-state index >= 15 is 0 Å². The van der Waals surface area contributed by atoms with Gasteiger partial charge in [0.25, 0.3) is 0 Å². The van der Waals surface area contributed by atoms with Gasteiger partial charge in [-0.15, -0.1) is 0 Å². The van der Waals surface area contributed by atoms with Crippen molar-refractivity contribution in [1.29, 1.82) is 0 Å². The summed E-state index contributed by atoms with van der Waals surface area (Å²) in [6.07, 6.45) is 7.46. The van der Waals surface area contributed by atoms with Crippen molar-refractivity contribution in [2.75, 3.05) is 13.7 Å². The quantitative estimate of drug-likeness (QED) is 0.407. The summed E-state index contributed by atoms with van der Waals surface area (Å²) < 4.78 is 7.13. The number of methoxy groups -OCH3 is 1. The van der Waals surface area contributed by atoms with E-state index in [4.69, 9.17) is 10.5 Å². The molecule has 0 aliphatic rings. The zero-order valence-electron chi connectivity index (χ0n) is 17.8. The summed E-state index contributed by atoms with van der Waals surface area (Å²) in [6, 6.07) is 16.7. The first-order chi connectivity index (χ1) is 15.7. The Hall–Kier alpha value is -3.81. The van der Waals surface area contributed by atoms with Crippen molar-refractivity contribution in [3.05, 3.63) is 79.0 Å². The van der Waals surface area contributed by atoms with Gasteiger partial charge in [0.1, 0.15) is 0 Å². The van der Waals surface area contributed by atoms with Gasteiger partial charge in [0.2, 0.25) is 0 Å². The van der Waals surface area contributed by atoms with E-state index in [1.165, 1.54) is 0 Å². The molecule has 0 amide bonds. The van der Waals surface area contributed by atoms with Crippen LogP contribution >= 0.6 is 0 Å². The average molecular weight is 425 g/mol. The number of aromatic nitrogens is 5. The largest absolute Gasteiger partial charge is 0.380 e. The molecule has 2 aromatic carbocycles. The van der Waals surface area contributed by atoms with Gasteiger partial charge in [-0.1, -0.05) is 24.3 Å². The average Bonchev–Trinajstić information content (AvgIpc) is 3.49. The van der Waals surface area contributed by atoms with Gasteiger partial charge in [-0.2, -0.15) is 5.10 Å². The van der Waals surface area contributed by atoms with Crippen LogP contribution in [0.15, 0.2) is 73.4 Å². The molecule has 0 saturated carbocycles. The maximum atomic E-state index is 5.64. The fourth-order valence-electron chi connectivity index (χ4n) is 3.92. The number of imidazole rings is 1. The summed E-state index contributed by atoms with van der Waals surface area (Å²) in [4.78, 5) is 12.6. The van der Waals surface area contributed by atoms with Crippen molar-refractivity contribution in [3.8, 4) is 33.6 Å². The molecule has 0 atom stereocenters. The first kappa shape index (κ1) is 20.1. The van der Waals surface area contributed by atoms with E-state index in [-0.39, 0.29) is 0 Å². The van der Waals surface area contributed by atoms with Gasteiger partial charge in [-0.3, -0.25) is 9.67 Å². The lowest BCUT2D eigenvalue weighted by Gasteiger charge is -2.07. The summed E-state index contributed by atoms with van der Waals surface area (Å²) in [6.45, 7) is 1.82. The summed E-state index contributed by atoms with van der Waals surface area (Å²) >= 11 is 0. The number of ether oxygens (including phenoxy) is 1. The molecule has 0 aliphatic carbocycles. The second kappa shape index (κ2) is 8.74. The van der Waals surface area contributed by atoms with Crippen LogP contribution < -0.4 is 5.73 Å². The first-order valence-electron chi connectivity index (χ1n) is 10.5. The molecule has 3 aromatic heterocycles. The number of hydrogen-bond donors (Lipinski definition) is 2. The molecule has 5 aromatic rings. The van der Waals surface area contributed by atoms with E-state index in [1.54, 1.807) is 13.4 Å². The van der Waals surface area contributed by atoms with Crippen molar-refractivity contribution < 1.29 is 4.74 Å². The molecule has 7 heteroatoms. The van der Waals surface area contributed by atoms with E-state index in [1.807, 2.05) is 35.4 Å². The molecule has 0 spiro atoms. The maximum Gasteiger partial charge on any atom is 0.0961 e. The fourth-order valence-corrected chi connectivity index (χ4v) is 3.92. The second-order valence-corrected chi connectivity index (χ2v) is 7.67. The Morgan fingerprint density at radius 1 is 0.969 bits per heavy atom. The normalized spacial score (nSPS) is 11.3. The number of fused-ring (bicyclic) bond motifs is 1. The summed E-state index contributed by atoms with van der Waals surface area (Å²) in [5, 5.41) is 5.42. The molecule has 5 rings (SSSR count). The molecule has 160 valence electrons. The maximum absolute atomic E-state index is 5.64. The van der Waals surface area contributed by atoms with E-state index in [0.29, 0.717) is 19.7 Å². The highest BCUT2D eigenvalue weighted by Gasteiger charge is 2.12. The number of benzene rings is 2. The Labute approximate surface area is 185 Å². The number of hydrogen-bond acceptors (Lipinski definition) is 5. The van der Waals surface area contributed by atoms with Gasteiger partial charge in [0.05, 0.1) is 42.6 Å². The third-order valence-electron chi connectivity index (χ3n) is 5.45. The molecule has 0 bridgehead atoms. The SMILES string of the molecule is COCc1cccc(-c2[nH]cnc2-c2ccc3ncc(-c4cnn(CCN)c4)cc3c2)c1. The van der Waals surface area contributed by atoms with Gasteiger partial charge in [-0.05, 0) is 29.8 Å². The Morgan fingerprint density at radius 2 is 1.88 bits per heavy atom. The zero-order chi connectivity index (χ0) is 21.9. The standard InChI is InChI=1S/C25H24N6O/c1-32-15-17-3-2-4-18(9-17)24-25(29-16-28-24)19-5-6-23-20(10-19)11-21(12-27-23)22-13-30-31(14-22)8-7-26/h2-6,9-14,16H,7-8,15,26H2,1H3,(H,28,29). The summed E-state index contributed by atoms with van der Waals surface area (Å²) in [5.74, 6) is 0. The minimum atomic E-state index is 0.556. The Balaban J connectivity index is 1.53. The predicted molar refractivity (Wildman–Crippen MR) is 126 cm³/mol. The lowest BCUT2D eigenvalue weighted by atomic mass is 10.0. The van der Waals surface area contributed by atoms with Gasteiger partial charge >= 0.3 is 0 Å². The highest BCUT2D eigenvalue weighted by molar-refractivity contribution is 5.89. The smallest absolute Gasteiger partial charge is 0.0961 e. The number of nitrogens with one attached hydrogen (secondary N) is 1. The highest BCUT2D eigenvalue weighted by atomic mass is 16.5. The minimum absolute atomic E-state index is 0.556. The molecule has 3 heterocycles. The molecule has 0 unspecified atom stereocenters. The molecular formula is C25H24N6O. The van der Waals surface area contributed by atoms with Crippen LogP contribution in [-0.2, 0) is 17.9 Å². The number of nitrogens with zero attached hydrogens (tertiary/aromatic N) is 4. The summed E-state index contributed by atoms with van der Waals surface area (Å²) in [7, 11) is 1.70. The van der Waals surface area contributed by atoms with Crippen molar-refractivity contribution in [1.82, 2.24) is 24.7 Å². The van der Waals surface area contributed by atoms with Gasteiger partial charge in [-0.25, -0.2) is 4.98 Å². The molecule has 3 N–H and O–H groups in total. The zero-order valence-corrected chi connectivity index (χ0v) is 17.8. The van der Waals surface area contributed by atoms with E-state index < -0.39 is 0 Å². The summed E-state index contributed by atoms with van der Waals surface area (Å²) in [5.41, 5.74) is 13.7. The highest BCUT2D eigenvalue weighted by Crippen LogP contribution is 2.32. The molecule has 0 fully saturated rings. The van der Waals surface area contributed by atoms with Crippen LogP contribution in [0, 0.1) is 0 Å². The van der Waals surface area contributed by atoms with Gasteiger partial charge in [0, 0.05) is 53.7 Å². The fraction of sp³-hybridized carbons (Fsp3) is 0.160. The van der Waals surface area contributed by atoms with Crippen molar-refractivity contribution in [2.45, 2.75) is 13.2 Å². The minimum Gasteiger partial charge on any atom is -0.380 e. The lowest BCUT2D eigenvalue weighted by molar-refractivity contribution is 0.185. The van der Waals surface area contributed by atoms with Crippen LogP contribution in [0.5, 0.6) is 0 Å². The second-order valence-electron chi connectivity index (χ2n) is 7.67. The van der Waals surface area contributed by atoms with Crippen LogP contribution in [0.4, 0.5) is 0 Å². The predicted octanol–water partition coefficient (Wildman–Crippen LogP) is 4.26. The van der Waals surface area contributed by atoms with Crippen molar-refractivity contribution >= 4 is 10.9 Å². The van der Waals surface area contributed by atoms with Crippen LogP contribution in [0.25, 0.3) is 44.5 Å². The number of nitrogens with two attached hydrogens (primary N) is 1. The molecule has 7 nitrogen and oxygen atoms in total. The van der Waals surface area contributed by atoms with E-state index in [2.05, 4.69) is 56.4 Å². The topological polar surface area (TPSA) is 94.6 Å². The first-order valence-corrected chi connectivity index (χ1v) is 10.5. The lowest BCUT2D eigenvalue weighted by Crippen LogP contribution is -2.09. The van der Waals surface area contributed by atoms with Crippen LogP contribution in [-0.4, -0.2) is 38.4 Å². The third-order valence-corrected chi connectivity index (χ3v) is 5.45. The van der Waals surface area contributed by atoms with E-state index in [0.717, 1.165) is 50.1 Å². The van der Waals surface area contributed by atoms with Crippen LogP contribution in [0.1, 0.15) is 5.56 Å². The van der Waals surface area contributed by atoms with Gasteiger partial charge < -0.3 is 15.5 Å². The number of H-pyrrole nitrogens is 1. The van der Waals surface area contributed by atoms with Gasteiger partial charge in [0.15, 0.2) is 0 Å². The monoisotopic (exact) mass is 424 g/mol. The molecular weight excluding hydrogens is 400 g/mol. The Morgan fingerprint density at radius 3 is 2.75 bits per heavy atom. The van der Waals surface area contributed by atoms with Crippen molar-refractivity contribution in [3.63, 3.8) is 0 Å².